The average molecular weight is 386 g/mol. The molecule has 5 nitrogen and oxygen atoms in total. The molecule has 0 radical (unpaired) electrons. The third-order valence-electron chi connectivity index (χ3n) is 4.83. The van der Waals surface area contributed by atoms with Crippen LogP contribution < -0.4 is 11.1 Å². The second kappa shape index (κ2) is 9.02. The molecular weight excluding hydrogens is 362 g/mol. The summed E-state index contributed by atoms with van der Waals surface area (Å²) in [5, 5.41) is 3.24. The van der Waals surface area contributed by atoms with Crippen molar-refractivity contribution >= 4 is 23.4 Å². The van der Waals surface area contributed by atoms with E-state index in [2.05, 4.69) is 5.32 Å². The standard InChI is InChI=1S/C21H24ClN3O2/c22-19-9-8-16(15-5-2-1-3-6-15)13-18(19)21(27)25-12-4-7-17(14-25)20(26)24-11-10-23/h1-3,5-6,8-9,13,17H,4,7,10-12,14,23H2,(H,24,26). The molecule has 1 fully saturated rings. The quantitative estimate of drug-likeness (QED) is 0.830. The van der Waals surface area contributed by atoms with Crippen molar-refractivity contribution in [2.45, 2.75) is 12.8 Å². The van der Waals surface area contributed by atoms with Crippen LogP contribution in [0.25, 0.3) is 11.1 Å². The molecule has 3 N–H and O–H groups in total. The first-order chi connectivity index (χ1) is 13.1. The van der Waals surface area contributed by atoms with Crippen molar-refractivity contribution in [2.24, 2.45) is 11.7 Å². The van der Waals surface area contributed by atoms with E-state index < -0.39 is 0 Å². The summed E-state index contributed by atoms with van der Waals surface area (Å²) >= 11 is 6.32. The minimum Gasteiger partial charge on any atom is -0.355 e. The first-order valence-electron chi connectivity index (χ1n) is 9.22. The third-order valence-corrected chi connectivity index (χ3v) is 5.16. The molecule has 0 saturated carbocycles. The molecule has 0 aromatic heterocycles. The van der Waals surface area contributed by atoms with E-state index in [9.17, 15) is 9.59 Å². The van der Waals surface area contributed by atoms with Crippen molar-refractivity contribution in [1.82, 2.24) is 10.2 Å². The smallest absolute Gasteiger partial charge is 0.255 e. The predicted octanol–water partition coefficient (Wildman–Crippen LogP) is 2.93. The van der Waals surface area contributed by atoms with Crippen molar-refractivity contribution in [3.63, 3.8) is 0 Å². The highest BCUT2D eigenvalue weighted by Gasteiger charge is 2.29. The molecule has 0 spiro atoms. The Kier molecular flexibility index (Phi) is 6.48. The highest BCUT2D eigenvalue weighted by molar-refractivity contribution is 6.34. The van der Waals surface area contributed by atoms with Gasteiger partial charge in [-0.3, -0.25) is 9.59 Å². The fourth-order valence-corrected chi connectivity index (χ4v) is 3.58. The number of amides is 2. The Bertz CT molecular complexity index is 810. The summed E-state index contributed by atoms with van der Waals surface area (Å²) in [6.07, 6.45) is 1.57. The lowest BCUT2D eigenvalue weighted by Crippen LogP contribution is -2.46. The minimum absolute atomic E-state index is 0.0397. The molecule has 27 heavy (non-hydrogen) atoms. The number of hydrogen-bond donors (Lipinski definition) is 2. The fraction of sp³-hybridized carbons (Fsp3) is 0.333. The van der Waals surface area contributed by atoms with Gasteiger partial charge < -0.3 is 16.0 Å². The molecule has 2 aromatic rings. The van der Waals surface area contributed by atoms with Crippen molar-refractivity contribution in [3.05, 3.63) is 59.1 Å². The number of nitrogens with zero attached hydrogens (tertiary/aromatic N) is 1. The largest absolute Gasteiger partial charge is 0.355 e. The van der Waals surface area contributed by atoms with Gasteiger partial charge >= 0.3 is 0 Å². The number of benzene rings is 2. The lowest BCUT2D eigenvalue weighted by Gasteiger charge is -2.32. The molecule has 0 aliphatic carbocycles. The summed E-state index contributed by atoms with van der Waals surface area (Å²) in [5.41, 5.74) is 7.89. The van der Waals surface area contributed by atoms with Crippen LogP contribution in [0.5, 0.6) is 0 Å². The molecule has 6 heteroatoms. The van der Waals surface area contributed by atoms with E-state index in [4.69, 9.17) is 17.3 Å². The molecular formula is C21H24ClN3O2. The van der Waals surface area contributed by atoms with Crippen LogP contribution in [0.1, 0.15) is 23.2 Å². The number of carbonyl (C=O) groups excluding carboxylic acids is 2. The SMILES string of the molecule is NCCNC(=O)C1CCCN(C(=O)c2cc(-c3ccccc3)ccc2Cl)C1. The highest BCUT2D eigenvalue weighted by atomic mass is 35.5. The van der Waals surface area contributed by atoms with Gasteiger partial charge in [-0.05, 0) is 36.1 Å². The Morgan fingerprint density at radius 2 is 1.93 bits per heavy atom. The zero-order chi connectivity index (χ0) is 19.2. The van der Waals surface area contributed by atoms with Crippen LogP contribution in [-0.4, -0.2) is 42.9 Å². The maximum Gasteiger partial charge on any atom is 0.255 e. The van der Waals surface area contributed by atoms with Gasteiger partial charge in [-0.2, -0.15) is 0 Å². The van der Waals surface area contributed by atoms with Gasteiger partial charge in [-0.1, -0.05) is 48.0 Å². The normalized spacial score (nSPS) is 16.8. The van der Waals surface area contributed by atoms with Crippen LogP contribution in [0.2, 0.25) is 5.02 Å². The number of piperidine rings is 1. The summed E-state index contributed by atoms with van der Waals surface area (Å²) in [6, 6.07) is 15.4. The second-order valence-corrected chi connectivity index (χ2v) is 7.14. The molecule has 0 bridgehead atoms. The van der Waals surface area contributed by atoms with Crippen molar-refractivity contribution < 1.29 is 9.59 Å². The van der Waals surface area contributed by atoms with Crippen LogP contribution in [0, 0.1) is 5.92 Å². The van der Waals surface area contributed by atoms with Crippen LogP contribution in [0.15, 0.2) is 48.5 Å². The molecule has 2 aromatic carbocycles. The molecule has 1 saturated heterocycles. The van der Waals surface area contributed by atoms with Gasteiger partial charge in [0, 0.05) is 26.2 Å². The van der Waals surface area contributed by atoms with E-state index in [1.165, 1.54) is 0 Å². The van der Waals surface area contributed by atoms with Crippen molar-refractivity contribution in [3.8, 4) is 11.1 Å². The summed E-state index contributed by atoms with van der Waals surface area (Å²) in [7, 11) is 0. The van der Waals surface area contributed by atoms with E-state index in [0.717, 1.165) is 24.0 Å². The maximum atomic E-state index is 13.1. The number of likely N-dealkylation sites (tertiary alicyclic amines) is 1. The number of nitrogens with one attached hydrogen (secondary N) is 1. The van der Waals surface area contributed by atoms with Gasteiger partial charge in [0.05, 0.1) is 16.5 Å². The van der Waals surface area contributed by atoms with E-state index in [1.807, 2.05) is 42.5 Å². The Hall–Kier alpha value is -2.37. The first kappa shape index (κ1) is 19.4. The Balaban J connectivity index is 1.78. The topological polar surface area (TPSA) is 75.4 Å². The number of halogens is 1. The molecule has 3 rings (SSSR count). The Morgan fingerprint density at radius 1 is 1.15 bits per heavy atom. The third kappa shape index (κ3) is 4.67. The van der Waals surface area contributed by atoms with Gasteiger partial charge in [0.1, 0.15) is 0 Å². The number of rotatable bonds is 5. The lowest BCUT2D eigenvalue weighted by molar-refractivity contribution is -0.126. The zero-order valence-electron chi connectivity index (χ0n) is 15.2. The van der Waals surface area contributed by atoms with E-state index >= 15 is 0 Å². The van der Waals surface area contributed by atoms with Crippen LogP contribution >= 0.6 is 11.6 Å². The second-order valence-electron chi connectivity index (χ2n) is 6.73. The Morgan fingerprint density at radius 3 is 2.67 bits per heavy atom. The Labute approximate surface area is 164 Å². The predicted molar refractivity (Wildman–Crippen MR) is 108 cm³/mol. The molecule has 142 valence electrons. The number of carbonyl (C=O) groups is 2. The van der Waals surface area contributed by atoms with Crippen LogP contribution in [0.4, 0.5) is 0 Å². The monoisotopic (exact) mass is 385 g/mol. The minimum atomic E-state index is -0.203. The fourth-order valence-electron chi connectivity index (χ4n) is 3.38. The van der Waals surface area contributed by atoms with Gasteiger partial charge in [0.15, 0.2) is 0 Å². The molecule has 1 aliphatic rings. The van der Waals surface area contributed by atoms with E-state index in [0.29, 0.717) is 36.8 Å². The van der Waals surface area contributed by atoms with Gasteiger partial charge in [0.25, 0.3) is 5.91 Å². The molecule has 1 aliphatic heterocycles. The number of hydrogen-bond acceptors (Lipinski definition) is 3. The van der Waals surface area contributed by atoms with Crippen molar-refractivity contribution in [2.75, 3.05) is 26.2 Å². The van der Waals surface area contributed by atoms with E-state index in [-0.39, 0.29) is 17.7 Å². The summed E-state index contributed by atoms with van der Waals surface area (Å²) in [6.45, 7) is 1.89. The summed E-state index contributed by atoms with van der Waals surface area (Å²) in [5.74, 6) is -0.374. The van der Waals surface area contributed by atoms with Crippen LogP contribution in [-0.2, 0) is 4.79 Å². The highest BCUT2D eigenvalue weighted by Crippen LogP contribution is 2.27. The lowest BCUT2D eigenvalue weighted by atomic mass is 9.96. The molecule has 2 amide bonds. The molecule has 1 atom stereocenters. The van der Waals surface area contributed by atoms with Gasteiger partial charge in [-0.25, -0.2) is 0 Å². The summed E-state index contributed by atoms with van der Waals surface area (Å²) in [4.78, 5) is 27.0. The van der Waals surface area contributed by atoms with Crippen LogP contribution in [0.3, 0.4) is 0 Å². The van der Waals surface area contributed by atoms with Crippen molar-refractivity contribution in [1.29, 1.82) is 0 Å². The summed E-state index contributed by atoms with van der Waals surface area (Å²) < 4.78 is 0. The first-order valence-corrected chi connectivity index (χ1v) is 9.60. The van der Waals surface area contributed by atoms with E-state index in [1.54, 1.807) is 11.0 Å². The molecule has 1 heterocycles. The average Bonchev–Trinajstić information content (AvgIpc) is 2.72. The van der Waals surface area contributed by atoms with Gasteiger partial charge in [0.2, 0.25) is 5.91 Å². The molecule has 1 unspecified atom stereocenters. The van der Waals surface area contributed by atoms with Gasteiger partial charge in [-0.15, -0.1) is 0 Å². The maximum absolute atomic E-state index is 13.1. The number of nitrogens with two attached hydrogens (primary N) is 1. The zero-order valence-corrected chi connectivity index (χ0v) is 15.9.